The number of ether oxygens (including phenoxy) is 1. The Morgan fingerprint density at radius 3 is 2.67 bits per heavy atom. The first kappa shape index (κ1) is 12.3. The third kappa shape index (κ3) is 3.43. The van der Waals surface area contributed by atoms with Crippen molar-refractivity contribution >= 4 is 23.2 Å². The van der Waals surface area contributed by atoms with Crippen molar-refractivity contribution in [2.45, 2.75) is 0 Å². The van der Waals surface area contributed by atoms with Gasteiger partial charge >= 0.3 is 6.01 Å². The second-order valence-electron chi connectivity index (χ2n) is 3.35. The van der Waals surface area contributed by atoms with E-state index in [1.165, 1.54) is 12.4 Å². The number of rotatable bonds is 4. The molecule has 1 heterocycles. The zero-order valence-corrected chi connectivity index (χ0v) is 10.1. The Labute approximate surface area is 109 Å². The van der Waals surface area contributed by atoms with Gasteiger partial charge in [0.15, 0.2) is 6.61 Å². The molecular formula is C12H10ClN3O2. The van der Waals surface area contributed by atoms with E-state index >= 15 is 0 Å². The molecule has 18 heavy (non-hydrogen) atoms. The number of amides is 1. The summed E-state index contributed by atoms with van der Waals surface area (Å²) in [6.07, 6.45) is 3.07. The molecule has 5 nitrogen and oxygen atoms in total. The van der Waals surface area contributed by atoms with Crippen molar-refractivity contribution in [2.24, 2.45) is 0 Å². The molecule has 1 aromatic heterocycles. The van der Waals surface area contributed by atoms with Gasteiger partial charge in [0.2, 0.25) is 0 Å². The minimum absolute atomic E-state index is 0.159. The number of halogens is 1. The fourth-order valence-corrected chi connectivity index (χ4v) is 1.42. The van der Waals surface area contributed by atoms with Crippen molar-refractivity contribution in [1.82, 2.24) is 9.97 Å². The predicted molar refractivity (Wildman–Crippen MR) is 67.6 cm³/mol. The fraction of sp³-hybridized carbons (Fsp3) is 0.0833. The maximum absolute atomic E-state index is 11.6. The van der Waals surface area contributed by atoms with Crippen molar-refractivity contribution in [3.05, 3.63) is 47.7 Å². The van der Waals surface area contributed by atoms with Crippen LogP contribution in [0.2, 0.25) is 5.02 Å². The first-order valence-electron chi connectivity index (χ1n) is 5.20. The molecule has 0 atom stereocenters. The van der Waals surface area contributed by atoms with Gasteiger partial charge in [-0.15, -0.1) is 0 Å². The summed E-state index contributed by atoms with van der Waals surface area (Å²) in [6, 6.07) is 8.79. The van der Waals surface area contributed by atoms with Crippen molar-refractivity contribution in [3.8, 4) is 6.01 Å². The Hall–Kier alpha value is -2.14. The molecule has 0 aliphatic heterocycles. The minimum Gasteiger partial charge on any atom is -0.453 e. The van der Waals surface area contributed by atoms with Crippen LogP contribution in [-0.4, -0.2) is 22.5 Å². The number of nitrogens with zero attached hydrogens (tertiary/aromatic N) is 2. The lowest BCUT2D eigenvalue weighted by molar-refractivity contribution is -0.118. The third-order valence-electron chi connectivity index (χ3n) is 2.02. The smallest absolute Gasteiger partial charge is 0.316 e. The van der Waals surface area contributed by atoms with Gasteiger partial charge in [-0.2, -0.15) is 0 Å². The van der Waals surface area contributed by atoms with Crippen LogP contribution >= 0.6 is 11.6 Å². The minimum atomic E-state index is -0.324. The maximum Gasteiger partial charge on any atom is 0.316 e. The molecule has 1 amide bonds. The second kappa shape index (κ2) is 5.97. The van der Waals surface area contributed by atoms with Gasteiger partial charge < -0.3 is 10.1 Å². The van der Waals surface area contributed by atoms with E-state index in [9.17, 15) is 4.79 Å². The molecule has 92 valence electrons. The van der Waals surface area contributed by atoms with Gasteiger partial charge in [0.25, 0.3) is 5.91 Å². The van der Waals surface area contributed by atoms with Crippen LogP contribution in [0, 0.1) is 0 Å². The van der Waals surface area contributed by atoms with Gasteiger partial charge in [-0.05, 0) is 18.2 Å². The highest BCUT2D eigenvalue weighted by molar-refractivity contribution is 6.33. The Kier molecular flexibility index (Phi) is 4.09. The summed E-state index contributed by atoms with van der Waals surface area (Å²) in [4.78, 5) is 19.3. The van der Waals surface area contributed by atoms with Crippen LogP contribution in [0.3, 0.4) is 0 Å². The van der Waals surface area contributed by atoms with Crippen molar-refractivity contribution in [3.63, 3.8) is 0 Å². The number of aromatic nitrogens is 2. The molecule has 1 aromatic carbocycles. The quantitative estimate of drug-likeness (QED) is 0.918. The first-order chi connectivity index (χ1) is 8.75. The van der Waals surface area contributed by atoms with E-state index in [0.717, 1.165) is 0 Å². The summed E-state index contributed by atoms with van der Waals surface area (Å²) in [5.41, 5.74) is 0.543. The molecular weight excluding hydrogens is 254 g/mol. The van der Waals surface area contributed by atoms with E-state index in [2.05, 4.69) is 15.3 Å². The summed E-state index contributed by atoms with van der Waals surface area (Å²) in [5.74, 6) is -0.324. The highest BCUT2D eigenvalue weighted by Gasteiger charge is 2.06. The van der Waals surface area contributed by atoms with Crippen LogP contribution in [0.4, 0.5) is 5.69 Å². The molecule has 2 aromatic rings. The SMILES string of the molecule is O=C(COc1ncccn1)Nc1ccccc1Cl. The van der Waals surface area contributed by atoms with Crippen LogP contribution in [-0.2, 0) is 4.79 Å². The summed E-state index contributed by atoms with van der Waals surface area (Å²) in [7, 11) is 0. The number of carbonyl (C=O) groups is 1. The van der Waals surface area contributed by atoms with Crippen molar-refractivity contribution in [2.75, 3.05) is 11.9 Å². The molecule has 0 bridgehead atoms. The van der Waals surface area contributed by atoms with Gasteiger partial charge in [-0.3, -0.25) is 4.79 Å². The monoisotopic (exact) mass is 263 g/mol. The van der Waals surface area contributed by atoms with Crippen LogP contribution < -0.4 is 10.1 Å². The normalized spacial score (nSPS) is 9.83. The average Bonchev–Trinajstić information content (AvgIpc) is 2.40. The van der Waals surface area contributed by atoms with Gasteiger partial charge in [0.05, 0.1) is 10.7 Å². The Morgan fingerprint density at radius 1 is 1.22 bits per heavy atom. The predicted octanol–water partition coefficient (Wildman–Crippen LogP) is 2.15. The number of anilines is 1. The van der Waals surface area contributed by atoms with E-state index in [1.54, 1.807) is 30.3 Å². The number of nitrogens with one attached hydrogen (secondary N) is 1. The highest BCUT2D eigenvalue weighted by Crippen LogP contribution is 2.20. The lowest BCUT2D eigenvalue weighted by atomic mass is 10.3. The van der Waals surface area contributed by atoms with Crippen molar-refractivity contribution in [1.29, 1.82) is 0 Å². The van der Waals surface area contributed by atoms with E-state index in [0.29, 0.717) is 10.7 Å². The highest BCUT2D eigenvalue weighted by atomic mass is 35.5. The van der Waals surface area contributed by atoms with Gasteiger partial charge in [0, 0.05) is 12.4 Å². The van der Waals surface area contributed by atoms with Crippen LogP contribution in [0.5, 0.6) is 6.01 Å². The topological polar surface area (TPSA) is 64.1 Å². The zero-order valence-electron chi connectivity index (χ0n) is 9.34. The summed E-state index contributed by atoms with van der Waals surface area (Å²) < 4.78 is 5.10. The number of benzene rings is 1. The number of hydrogen-bond donors (Lipinski definition) is 1. The lowest BCUT2D eigenvalue weighted by Gasteiger charge is -2.07. The zero-order chi connectivity index (χ0) is 12.8. The molecule has 1 N–H and O–H groups in total. The van der Waals surface area contributed by atoms with E-state index < -0.39 is 0 Å². The van der Waals surface area contributed by atoms with Crippen molar-refractivity contribution < 1.29 is 9.53 Å². The number of para-hydroxylation sites is 1. The Bertz CT molecular complexity index is 534. The summed E-state index contributed by atoms with van der Waals surface area (Å²) in [6.45, 7) is -0.171. The van der Waals surface area contributed by atoms with Crippen LogP contribution in [0.15, 0.2) is 42.7 Å². The molecule has 0 fully saturated rings. The maximum atomic E-state index is 11.6. The summed E-state index contributed by atoms with van der Waals surface area (Å²) >= 11 is 5.91. The Balaban J connectivity index is 1.88. The molecule has 0 saturated carbocycles. The van der Waals surface area contributed by atoms with Crippen LogP contribution in [0.25, 0.3) is 0 Å². The summed E-state index contributed by atoms with van der Waals surface area (Å²) in [5, 5.41) is 3.10. The van der Waals surface area contributed by atoms with Crippen LogP contribution in [0.1, 0.15) is 0 Å². The molecule has 0 unspecified atom stereocenters. The fourth-order valence-electron chi connectivity index (χ4n) is 1.24. The molecule has 0 saturated heterocycles. The molecule has 0 aliphatic rings. The van der Waals surface area contributed by atoms with E-state index in [-0.39, 0.29) is 18.5 Å². The van der Waals surface area contributed by atoms with E-state index in [4.69, 9.17) is 16.3 Å². The molecule has 0 radical (unpaired) electrons. The second-order valence-corrected chi connectivity index (χ2v) is 3.76. The molecule has 0 spiro atoms. The van der Waals surface area contributed by atoms with Gasteiger partial charge in [-0.1, -0.05) is 23.7 Å². The average molecular weight is 264 g/mol. The largest absolute Gasteiger partial charge is 0.453 e. The third-order valence-corrected chi connectivity index (χ3v) is 2.35. The first-order valence-corrected chi connectivity index (χ1v) is 5.58. The lowest BCUT2D eigenvalue weighted by Crippen LogP contribution is -2.20. The van der Waals surface area contributed by atoms with Gasteiger partial charge in [-0.25, -0.2) is 9.97 Å². The Morgan fingerprint density at radius 2 is 1.94 bits per heavy atom. The molecule has 6 heteroatoms. The van der Waals surface area contributed by atoms with Gasteiger partial charge in [0.1, 0.15) is 0 Å². The number of hydrogen-bond acceptors (Lipinski definition) is 4. The molecule has 0 aliphatic carbocycles. The standard InChI is InChI=1S/C12H10ClN3O2/c13-9-4-1-2-5-10(9)16-11(17)8-18-12-14-6-3-7-15-12/h1-7H,8H2,(H,16,17). The van der Waals surface area contributed by atoms with E-state index in [1.807, 2.05) is 0 Å². The number of carbonyl (C=O) groups excluding carboxylic acids is 1. The molecule has 2 rings (SSSR count).